The fraction of sp³-hybridized carbons (Fsp3) is 0.417. The Morgan fingerprint density at radius 1 is 1.50 bits per heavy atom. The van der Waals surface area contributed by atoms with Crippen molar-refractivity contribution in [1.82, 2.24) is 10.2 Å². The molecule has 1 saturated heterocycles. The fourth-order valence-electron chi connectivity index (χ4n) is 1.87. The Labute approximate surface area is 127 Å². The molecule has 1 aliphatic rings. The van der Waals surface area contributed by atoms with Gasteiger partial charge in [-0.2, -0.15) is 0 Å². The molecule has 1 aromatic rings. The first-order valence-corrected chi connectivity index (χ1v) is 6.78. The number of carbonyl (C=O) groups excluding carboxylic acids is 1. The van der Waals surface area contributed by atoms with Crippen LogP contribution in [0.5, 0.6) is 0 Å². The third kappa shape index (κ3) is 4.00. The van der Waals surface area contributed by atoms with Gasteiger partial charge in [0.05, 0.1) is 5.69 Å². The van der Waals surface area contributed by atoms with Crippen LogP contribution in [0.2, 0.25) is 0 Å². The molecule has 0 unspecified atom stereocenters. The zero-order valence-corrected chi connectivity index (χ0v) is 13.1. The van der Waals surface area contributed by atoms with Crippen molar-refractivity contribution in [2.45, 2.75) is 13.0 Å². The summed E-state index contributed by atoms with van der Waals surface area (Å²) in [6.07, 6.45) is 0. The fourth-order valence-corrected chi connectivity index (χ4v) is 2.40. The lowest BCUT2D eigenvalue weighted by Gasteiger charge is -2.31. The summed E-state index contributed by atoms with van der Waals surface area (Å²) < 4.78 is 1.06. The van der Waals surface area contributed by atoms with E-state index in [0.717, 1.165) is 28.9 Å². The van der Waals surface area contributed by atoms with Crippen LogP contribution < -0.4 is 10.6 Å². The van der Waals surface area contributed by atoms with Gasteiger partial charge in [0.15, 0.2) is 0 Å². The molecule has 0 spiro atoms. The third-order valence-electron chi connectivity index (χ3n) is 2.77. The molecular formula is C12H17ClIN3O. The number of hydrogen-bond donors (Lipinski definition) is 2. The first kappa shape index (κ1) is 15.5. The maximum atomic E-state index is 12.0. The van der Waals surface area contributed by atoms with Gasteiger partial charge >= 0.3 is 6.03 Å². The van der Waals surface area contributed by atoms with Crippen molar-refractivity contribution < 1.29 is 4.79 Å². The van der Waals surface area contributed by atoms with Crippen molar-refractivity contribution in [2.75, 3.05) is 25.0 Å². The number of anilines is 1. The minimum atomic E-state index is -0.0116. The van der Waals surface area contributed by atoms with Crippen LogP contribution in [0.1, 0.15) is 6.92 Å². The van der Waals surface area contributed by atoms with E-state index in [1.165, 1.54) is 0 Å². The Kier molecular flexibility index (Phi) is 6.17. The number of urea groups is 1. The molecule has 1 aliphatic heterocycles. The molecule has 100 valence electrons. The molecule has 2 amide bonds. The van der Waals surface area contributed by atoms with Gasteiger partial charge in [-0.25, -0.2) is 4.79 Å². The second-order valence-electron chi connectivity index (χ2n) is 4.21. The minimum Gasteiger partial charge on any atom is -0.322 e. The number of hydrogen-bond acceptors (Lipinski definition) is 2. The average molecular weight is 382 g/mol. The van der Waals surface area contributed by atoms with E-state index >= 15 is 0 Å². The lowest BCUT2D eigenvalue weighted by molar-refractivity contribution is 0.192. The summed E-state index contributed by atoms with van der Waals surface area (Å²) in [5.74, 6) is 0. The van der Waals surface area contributed by atoms with Gasteiger partial charge in [0.25, 0.3) is 0 Å². The molecule has 1 atom stereocenters. The quantitative estimate of drug-likeness (QED) is 0.734. The highest BCUT2D eigenvalue weighted by Gasteiger charge is 2.20. The maximum Gasteiger partial charge on any atom is 0.321 e. The van der Waals surface area contributed by atoms with E-state index in [4.69, 9.17) is 0 Å². The number of nitrogens with one attached hydrogen (secondary N) is 2. The van der Waals surface area contributed by atoms with E-state index in [2.05, 4.69) is 40.1 Å². The van der Waals surface area contributed by atoms with Gasteiger partial charge in [0, 0.05) is 29.2 Å². The molecule has 6 heteroatoms. The molecular weight excluding hydrogens is 365 g/mol. The first-order chi connectivity index (χ1) is 8.16. The SMILES string of the molecule is C[C@H]1CN(C(=O)Nc2ccccc2I)CCN1.Cl. The second-order valence-corrected chi connectivity index (χ2v) is 5.37. The molecule has 4 nitrogen and oxygen atoms in total. The summed E-state index contributed by atoms with van der Waals surface area (Å²) in [5.41, 5.74) is 0.879. The van der Waals surface area contributed by atoms with E-state index < -0.39 is 0 Å². The van der Waals surface area contributed by atoms with Crippen LogP contribution in [0.4, 0.5) is 10.5 Å². The van der Waals surface area contributed by atoms with E-state index in [-0.39, 0.29) is 18.4 Å². The summed E-state index contributed by atoms with van der Waals surface area (Å²) in [6, 6.07) is 8.15. The maximum absolute atomic E-state index is 12.0. The standard InChI is InChI=1S/C12H16IN3O.ClH/c1-9-8-16(7-6-14-9)12(17)15-11-5-3-2-4-10(11)13;/h2-5,9,14H,6-8H2,1H3,(H,15,17);1H/t9-;/m0./s1. The Balaban J connectivity index is 0.00000162. The van der Waals surface area contributed by atoms with Crippen molar-refractivity contribution in [3.63, 3.8) is 0 Å². The Morgan fingerprint density at radius 2 is 2.22 bits per heavy atom. The zero-order valence-electron chi connectivity index (χ0n) is 10.1. The van der Waals surface area contributed by atoms with Crippen LogP contribution in [0.15, 0.2) is 24.3 Å². The number of halogens is 2. The third-order valence-corrected chi connectivity index (χ3v) is 3.71. The summed E-state index contributed by atoms with van der Waals surface area (Å²) >= 11 is 2.22. The average Bonchev–Trinajstić information content (AvgIpc) is 2.32. The highest BCUT2D eigenvalue weighted by Crippen LogP contribution is 2.17. The predicted octanol–water partition coefficient (Wildman–Crippen LogP) is 2.54. The number of amides is 2. The van der Waals surface area contributed by atoms with Gasteiger partial charge in [-0.3, -0.25) is 0 Å². The molecule has 18 heavy (non-hydrogen) atoms. The predicted molar refractivity (Wildman–Crippen MR) is 84.5 cm³/mol. The smallest absolute Gasteiger partial charge is 0.321 e. The molecule has 0 aromatic heterocycles. The number of benzene rings is 1. The van der Waals surface area contributed by atoms with Gasteiger partial charge in [-0.1, -0.05) is 12.1 Å². The second kappa shape index (κ2) is 7.16. The molecule has 0 aliphatic carbocycles. The lowest BCUT2D eigenvalue weighted by Crippen LogP contribution is -2.52. The number of carbonyl (C=O) groups is 1. The highest BCUT2D eigenvalue weighted by molar-refractivity contribution is 14.1. The molecule has 0 radical (unpaired) electrons. The van der Waals surface area contributed by atoms with E-state index in [9.17, 15) is 4.79 Å². The van der Waals surface area contributed by atoms with Crippen LogP contribution in [-0.4, -0.2) is 36.6 Å². The van der Waals surface area contributed by atoms with Gasteiger partial charge in [-0.05, 0) is 41.6 Å². The van der Waals surface area contributed by atoms with Crippen molar-refractivity contribution in [1.29, 1.82) is 0 Å². The molecule has 1 aromatic carbocycles. The molecule has 2 rings (SSSR count). The van der Waals surface area contributed by atoms with Crippen molar-refractivity contribution in [2.24, 2.45) is 0 Å². The summed E-state index contributed by atoms with van der Waals surface area (Å²) in [4.78, 5) is 13.9. The van der Waals surface area contributed by atoms with Crippen LogP contribution in [0, 0.1) is 3.57 Å². The Hall–Kier alpha value is -0.530. The minimum absolute atomic E-state index is 0. The molecule has 0 bridgehead atoms. The highest BCUT2D eigenvalue weighted by atomic mass is 127. The normalized spacial score (nSPS) is 19.0. The first-order valence-electron chi connectivity index (χ1n) is 5.70. The van der Waals surface area contributed by atoms with Crippen molar-refractivity contribution in [3.8, 4) is 0 Å². The van der Waals surface area contributed by atoms with Crippen LogP contribution in [-0.2, 0) is 0 Å². The van der Waals surface area contributed by atoms with Crippen LogP contribution >= 0.6 is 35.0 Å². The molecule has 1 heterocycles. The topological polar surface area (TPSA) is 44.4 Å². The van der Waals surface area contributed by atoms with Gasteiger partial charge < -0.3 is 15.5 Å². The number of piperazine rings is 1. The molecule has 2 N–H and O–H groups in total. The van der Waals surface area contributed by atoms with Gasteiger partial charge in [-0.15, -0.1) is 12.4 Å². The zero-order chi connectivity index (χ0) is 12.3. The number of para-hydroxylation sites is 1. The number of rotatable bonds is 1. The molecule has 1 fully saturated rings. The summed E-state index contributed by atoms with van der Waals surface area (Å²) in [6.45, 7) is 4.47. The van der Waals surface area contributed by atoms with Crippen molar-refractivity contribution >= 4 is 46.7 Å². The van der Waals surface area contributed by atoms with E-state index in [1.54, 1.807) is 0 Å². The number of nitrogens with zero attached hydrogens (tertiary/aromatic N) is 1. The largest absolute Gasteiger partial charge is 0.322 e. The van der Waals surface area contributed by atoms with Crippen molar-refractivity contribution in [3.05, 3.63) is 27.8 Å². The Bertz CT molecular complexity index is 416. The van der Waals surface area contributed by atoms with E-state index in [1.807, 2.05) is 29.2 Å². The van der Waals surface area contributed by atoms with Gasteiger partial charge in [0.2, 0.25) is 0 Å². The van der Waals surface area contributed by atoms with E-state index in [0.29, 0.717) is 6.04 Å². The lowest BCUT2D eigenvalue weighted by atomic mass is 10.2. The summed E-state index contributed by atoms with van der Waals surface area (Å²) in [5, 5.41) is 6.27. The van der Waals surface area contributed by atoms with Crippen LogP contribution in [0.25, 0.3) is 0 Å². The van der Waals surface area contributed by atoms with Crippen LogP contribution in [0.3, 0.4) is 0 Å². The van der Waals surface area contributed by atoms with Gasteiger partial charge in [0.1, 0.15) is 0 Å². The molecule has 0 saturated carbocycles. The summed E-state index contributed by atoms with van der Waals surface area (Å²) in [7, 11) is 0. The monoisotopic (exact) mass is 381 g/mol. The Morgan fingerprint density at radius 3 is 2.89 bits per heavy atom.